The van der Waals surface area contributed by atoms with Gasteiger partial charge in [0.1, 0.15) is 12.1 Å². The molecule has 0 aliphatic carbocycles. The van der Waals surface area contributed by atoms with Gasteiger partial charge >= 0.3 is 23.9 Å². The highest BCUT2D eigenvalue weighted by Gasteiger charge is 2.40. The van der Waals surface area contributed by atoms with Crippen LogP contribution in [-0.4, -0.2) is 132 Å². The quantitative estimate of drug-likeness (QED) is 0.0222. The monoisotopic (exact) mass is 1230 g/mol. The number of ether oxygens (including phenoxy) is 3. The van der Waals surface area contributed by atoms with Gasteiger partial charge in [-0.2, -0.15) is 0 Å². The summed E-state index contributed by atoms with van der Waals surface area (Å²) in [5.74, 6) is -4.80. The predicted molar refractivity (Wildman–Crippen MR) is 352 cm³/mol. The van der Waals surface area contributed by atoms with E-state index in [0.29, 0.717) is 32.4 Å². The molecule has 1 aliphatic heterocycles. The number of hydrogen-bond donors (Lipinski definition) is 7. The topological polar surface area (TPSA) is 242 Å². The second kappa shape index (κ2) is 51.2. The van der Waals surface area contributed by atoms with Crippen molar-refractivity contribution in [3.8, 4) is 0 Å². The van der Waals surface area contributed by atoms with Gasteiger partial charge in [-0.05, 0) is 163 Å². The van der Waals surface area contributed by atoms with E-state index in [1.165, 1.54) is 128 Å². The minimum atomic E-state index is -1.50. The molecule has 0 spiro atoms. The molecule has 502 valence electrons. The molecule has 87 heavy (non-hydrogen) atoms. The van der Waals surface area contributed by atoms with Crippen LogP contribution in [0.3, 0.4) is 0 Å². The lowest BCUT2D eigenvalue weighted by molar-refractivity contribution is -0.180. The van der Waals surface area contributed by atoms with E-state index in [2.05, 4.69) is 95.7 Å². The maximum atomic E-state index is 13.5. The first-order valence-electron chi connectivity index (χ1n) is 34.3. The van der Waals surface area contributed by atoms with Crippen LogP contribution in [0.25, 0.3) is 0 Å². The molecule has 4 atom stereocenters. The Morgan fingerprint density at radius 2 is 1.06 bits per heavy atom. The molecule has 17 heteroatoms. The molecule has 7 N–H and O–H groups in total. The minimum Gasteiger partial charge on any atom is -0.481 e. The minimum absolute atomic E-state index is 0.0126. The molecule has 1 saturated heterocycles. The van der Waals surface area contributed by atoms with E-state index in [9.17, 15) is 39.0 Å². The molecule has 17 nitrogen and oxygen atoms in total. The van der Waals surface area contributed by atoms with Crippen LogP contribution in [0.5, 0.6) is 0 Å². The van der Waals surface area contributed by atoms with Gasteiger partial charge in [-0.25, -0.2) is 14.4 Å². The van der Waals surface area contributed by atoms with Crippen molar-refractivity contribution in [2.24, 2.45) is 5.41 Å². The van der Waals surface area contributed by atoms with E-state index in [-0.39, 0.29) is 50.3 Å². The average Bonchev–Trinajstić information content (AvgIpc) is 4.05. The molecule has 1 rings (SSSR count). The molecule has 0 aromatic heterocycles. The normalized spacial score (nSPS) is 15.8. The molecule has 0 saturated carbocycles. The molecule has 2 unspecified atom stereocenters. The second-order valence-corrected chi connectivity index (χ2v) is 25.4. The third-order valence-electron chi connectivity index (χ3n) is 16.6. The highest BCUT2D eigenvalue weighted by Crippen LogP contribution is 2.36. The number of urea groups is 1. The number of carbonyl (C=O) groups is 6. The van der Waals surface area contributed by atoms with Crippen molar-refractivity contribution in [1.82, 2.24) is 26.2 Å². The number of unbranched alkanes of at least 4 members (excludes halogenated alkanes) is 21. The van der Waals surface area contributed by atoms with Crippen molar-refractivity contribution in [1.29, 1.82) is 0 Å². The number of hydrogen-bond acceptors (Lipinski definition) is 10. The fraction of sp³-hybridized carbons (Fsp3) is 0.800. The lowest BCUT2D eigenvalue weighted by atomic mass is 9.87. The number of carboxylic acid groups (broad SMARTS) is 3. The van der Waals surface area contributed by atoms with E-state index in [1.807, 2.05) is 13.8 Å². The van der Waals surface area contributed by atoms with Crippen LogP contribution in [0.1, 0.15) is 279 Å². The second-order valence-electron chi connectivity index (χ2n) is 25.4. The largest absolute Gasteiger partial charge is 0.481 e. The molecule has 0 bridgehead atoms. The first kappa shape index (κ1) is 80.4. The Morgan fingerprint density at radius 1 is 0.586 bits per heavy atom. The van der Waals surface area contributed by atoms with Crippen molar-refractivity contribution in [3.05, 3.63) is 48.6 Å². The summed E-state index contributed by atoms with van der Waals surface area (Å²) in [7, 11) is 2.18. The Bertz CT molecular complexity index is 1910. The number of nitrogens with zero attached hydrogens (tertiary/aromatic N) is 1. The first-order chi connectivity index (χ1) is 41.8. The van der Waals surface area contributed by atoms with Crippen molar-refractivity contribution < 1.29 is 58.3 Å². The van der Waals surface area contributed by atoms with E-state index >= 15 is 0 Å². The lowest BCUT2D eigenvalue weighted by Gasteiger charge is -2.32. The van der Waals surface area contributed by atoms with Crippen LogP contribution >= 0.6 is 0 Å². The smallest absolute Gasteiger partial charge is 0.326 e. The van der Waals surface area contributed by atoms with Crippen molar-refractivity contribution >= 4 is 35.8 Å². The van der Waals surface area contributed by atoms with Crippen molar-refractivity contribution in [2.75, 3.05) is 46.4 Å². The molecule has 0 aromatic rings. The molecular formula is C70H125N5O12. The molecule has 0 aromatic carbocycles. The van der Waals surface area contributed by atoms with Crippen LogP contribution < -0.4 is 21.3 Å². The van der Waals surface area contributed by atoms with Crippen LogP contribution in [0.4, 0.5) is 4.79 Å². The van der Waals surface area contributed by atoms with Gasteiger partial charge in [0.2, 0.25) is 11.8 Å². The van der Waals surface area contributed by atoms with Crippen LogP contribution in [-0.2, 0) is 38.2 Å². The molecule has 1 fully saturated rings. The highest BCUT2D eigenvalue weighted by molar-refractivity contribution is 5.86. The van der Waals surface area contributed by atoms with Gasteiger partial charge in [-0.1, -0.05) is 153 Å². The summed E-state index contributed by atoms with van der Waals surface area (Å²) >= 11 is 0. The Balaban J connectivity index is 2.48. The van der Waals surface area contributed by atoms with Gasteiger partial charge in [0.25, 0.3) is 0 Å². The SMILES string of the molecule is CCCCC/C=C\C/C=C\CCCCCCCCC1(CCCCCCCC/C=C\C/C=C\CCCCC)OCC(CCN(C)CCCCCNC(=O)C(C)(CC)COC(C)(C)CC(=O)NCCCC[C@@H](NC(=O)N[C@H](CCC(=O)O)C(=O)O)C(=O)O)O1. The van der Waals surface area contributed by atoms with E-state index in [0.717, 1.165) is 77.3 Å². The summed E-state index contributed by atoms with van der Waals surface area (Å²) in [6, 6.07) is -3.86. The number of rotatable bonds is 58. The first-order valence-corrected chi connectivity index (χ1v) is 34.3. The van der Waals surface area contributed by atoms with E-state index < -0.39 is 59.2 Å². The predicted octanol–water partition coefficient (Wildman–Crippen LogP) is 15.1. The third-order valence-corrected chi connectivity index (χ3v) is 16.6. The summed E-state index contributed by atoms with van der Waals surface area (Å²) in [5.41, 5.74) is -1.66. The summed E-state index contributed by atoms with van der Waals surface area (Å²) in [5, 5.41) is 38.0. The molecule has 1 aliphatic rings. The summed E-state index contributed by atoms with van der Waals surface area (Å²) in [6.45, 7) is 15.5. The molecule has 4 amide bonds. The number of aliphatic carboxylic acids is 3. The van der Waals surface area contributed by atoms with Crippen molar-refractivity contribution in [3.63, 3.8) is 0 Å². The maximum Gasteiger partial charge on any atom is 0.326 e. The Kier molecular flexibility index (Phi) is 47.3. The zero-order valence-electron chi connectivity index (χ0n) is 55.7. The fourth-order valence-corrected chi connectivity index (χ4v) is 10.5. The third kappa shape index (κ3) is 43.7. The Hall–Kier alpha value is -4.58. The van der Waals surface area contributed by atoms with Gasteiger partial charge in [0.15, 0.2) is 5.79 Å². The number of nitrogens with one attached hydrogen (secondary N) is 4. The lowest BCUT2D eigenvalue weighted by Crippen LogP contribution is -2.51. The number of carboxylic acids is 3. The summed E-state index contributed by atoms with van der Waals surface area (Å²) in [6.07, 6.45) is 54.7. The Morgan fingerprint density at radius 3 is 1.56 bits per heavy atom. The molecule has 1 heterocycles. The zero-order chi connectivity index (χ0) is 64.3. The molecular weight excluding hydrogens is 1100 g/mol. The van der Waals surface area contributed by atoms with Gasteiger partial charge in [0.05, 0.1) is 36.8 Å². The van der Waals surface area contributed by atoms with Gasteiger partial charge in [-0.15, -0.1) is 0 Å². The number of amides is 4. The van der Waals surface area contributed by atoms with Gasteiger partial charge in [0, 0.05) is 38.9 Å². The van der Waals surface area contributed by atoms with Gasteiger partial charge < -0.3 is 55.7 Å². The molecule has 0 radical (unpaired) electrons. The van der Waals surface area contributed by atoms with Crippen LogP contribution in [0.2, 0.25) is 0 Å². The summed E-state index contributed by atoms with van der Waals surface area (Å²) < 4.78 is 19.7. The zero-order valence-corrected chi connectivity index (χ0v) is 55.7. The average molecular weight is 1230 g/mol. The van der Waals surface area contributed by atoms with E-state index in [4.69, 9.17) is 19.3 Å². The standard InChI is InChI=1S/C70H125N5O12/c1-8-11-13-15-17-19-21-23-25-27-29-31-33-35-37-41-50-70(51-42-38-36-34-32-30-28-26-24-22-20-18-16-14-12-9-2)85-57-59(87-70)49-55-75(7)54-45-39-43-53-72-66(83)69(6,10-3)58-86-68(4,5)56-62(76)71-52-44-40-46-60(64(79)80)73-67(84)74-61(65(81)82)47-48-63(77)78/h17-20,23-26,59-61H,8-16,21-22,27-58H2,1-7H3,(H,71,76)(H,72,83)(H,77,78)(H,79,80)(H,81,82)(H2,73,74,84)/b19-17-,20-18-,25-23-,26-24-/t59?,60-,61-,69?/m1/s1. The Labute approximate surface area is 527 Å². The van der Waals surface area contributed by atoms with Gasteiger partial charge in [-0.3, -0.25) is 14.4 Å². The maximum absolute atomic E-state index is 13.5. The van der Waals surface area contributed by atoms with Crippen LogP contribution in [0, 0.1) is 5.41 Å². The number of carbonyl (C=O) groups excluding carboxylic acids is 3. The van der Waals surface area contributed by atoms with E-state index in [1.54, 1.807) is 13.8 Å². The number of allylic oxidation sites excluding steroid dienone is 8. The fourth-order valence-electron chi connectivity index (χ4n) is 10.5. The summed E-state index contributed by atoms with van der Waals surface area (Å²) in [4.78, 5) is 75.0. The van der Waals surface area contributed by atoms with Crippen LogP contribution in [0.15, 0.2) is 48.6 Å². The highest BCUT2D eigenvalue weighted by atomic mass is 16.7. The van der Waals surface area contributed by atoms with Crippen molar-refractivity contribution in [2.45, 2.75) is 309 Å².